The number of carbonyl (C=O) groups is 2. The number of benzene rings is 2. The highest BCUT2D eigenvalue weighted by Crippen LogP contribution is 2.33. The van der Waals surface area contributed by atoms with Crippen molar-refractivity contribution >= 4 is 23.2 Å². The number of anilines is 2. The monoisotopic (exact) mass is 338 g/mol. The van der Waals surface area contributed by atoms with Gasteiger partial charge in [-0.3, -0.25) is 9.59 Å². The molecule has 0 unspecified atom stereocenters. The van der Waals surface area contributed by atoms with E-state index in [0.717, 1.165) is 18.4 Å². The first-order chi connectivity index (χ1) is 12.1. The minimum atomic E-state index is -0.249. The van der Waals surface area contributed by atoms with Gasteiger partial charge in [0.25, 0.3) is 5.91 Å². The maximum atomic E-state index is 12.7. The Balaban J connectivity index is 1.76. The van der Waals surface area contributed by atoms with Crippen LogP contribution in [0.25, 0.3) is 0 Å². The first kappa shape index (κ1) is 17.2. The molecule has 0 radical (unpaired) electrons. The topological polar surface area (TPSA) is 69.6 Å². The second kappa shape index (κ2) is 7.49. The molecule has 0 aliphatic heterocycles. The van der Waals surface area contributed by atoms with Gasteiger partial charge < -0.3 is 15.3 Å². The number of aliphatic hydroxyl groups is 1. The minimum Gasteiger partial charge on any atom is -0.396 e. The summed E-state index contributed by atoms with van der Waals surface area (Å²) >= 11 is 0. The molecule has 1 aliphatic carbocycles. The molecule has 0 spiro atoms. The van der Waals surface area contributed by atoms with Gasteiger partial charge in [0.05, 0.1) is 11.3 Å². The predicted octanol–water partition coefficient (Wildman–Crippen LogP) is 2.85. The highest BCUT2D eigenvalue weighted by molar-refractivity contribution is 6.10. The van der Waals surface area contributed by atoms with Gasteiger partial charge in [-0.25, -0.2) is 0 Å². The van der Waals surface area contributed by atoms with Gasteiger partial charge in [-0.15, -0.1) is 0 Å². The van der Waals surface area contributed by atoms with Gasteiger partial charge >= 0.3 is 0 Å². The number of carbonyl (C=O) groups excluding carboxylic acids is 2. The lowest BCUT2D eigenvalue weighted by molar-refractivity contribution is -0.119. The lowest BCUT2D eigenvalue weighted by Crippen LogP contribution is -2.29. The third-order valence-electron chi connectivity index (χ3n) is 4.38. The molecule has 2 amide bonds. The van der Waals surface area contributed by atoms with Gasteiger partial charge in [0.1, 0.15) is 0 Å². The molecule has 1 saturated carbocycles. The van der Waals surface area contributed by atoms with Crippen LogP contribution in [0.15, 0.2) is 48.5 Å². The summed E-state index contributed by atoms with van der Waals surface area (Å²) in [6, 6.07) is 14.5. The van der Waals surface area contributed by atoms with Gasteiger partial charge in [0, 0.05) is 25.3 Å². The molecule has 2 aromatic rings. The molecule has 0 heterocycles. The number of aliphatic hydroxyl groups excluding tert-OH is 1. The Hall–Kier alpha value is -2.66. The molecule has 1 fully saturated rings. The van der Waals surface area contributed by atoms with E-state index < -0.39 is 0 Å². The number of nitrogens with zero attached hydrogens (tertiary/aromatic N) is 1. The molecule has 5 heteroatoms. The van der Waals surface area contributed by atoms with Crippen LogP contribution in [0.5, 0.6) is 0 Å². The third-order valence-corrected chi connectivity index (χ3v) is 4.38. The van der Waals surface area contributed by atoms with Crippen molar-refractivity contribution in [3.05, 3.63) is 59.7 Å². The molecular weight excluding hydrogens is 316 g/mol. The fourth-order valence-corrected chi connectivity index (χ4v) is 2.76. The maximum absolute atomic E-state index is 12.7. The molecule has 0 atom stereocenters. The summed E-state index contributed by atoms with van der Waals surface area (Å²) in [5.74, 6) is -0.0882. The SMILES string of the molecule is CN(C(=O)C1CC1)c1ccccc1C(=O)Nc1ccc(CCO)cc1. The normalized spacial score (nSPS) is 13.4. The zero-order chi connectivity index (χ0) is 17.8. The Morgan fingerprint density at radius 1 is 1.12 bits per heavy atom. The molecule has 2 N–H and O–H groups in total. The summed E-state index contributed by atoms with van der Waals surface area (Å²) in [5.41, 5.74) is 2.78. The van der Waals surface area contributed by atoms with Crippen LogP contribution in [0.3, 0.4) is 0 Å². The maximum Gasteiger partial charge on any atom is 0.257 e. The Kier molecular flexibility index (Phi) is 5.14. The molecule has 1 aliphatic rings. The second-order valence-corrected chi connectivity index (χ2v) is 6.31. The van der Waals surface area contributed by atoms with E-state index in [9.17, 15) is 9.59 Å². The molecule has 3 rings (SSSR count). The summed E-state index contributed by atoms with van der Waals surface area (Å²) in [4.78, 5) is 26.6. The van der Waals surface area contributed by atoms with E-state index in [1.54, 1.807) is 30.1 Å². The molecule has 130 valence electrons. The Morgan fingerprint density at radius 2 is 1.80 bits per heavy atom. The van der Waals surface area contributed by atoms with Crippen molar-refractivity contribution in [2.75, 3.05) is 23.9 Å². The van der Waals surface area contributed by atoms with Crippen molar-refractivity contribution in [2.45, 2.75) is 19.3 Å². The Labute approximate surface area is 147 Å². The van der Waals surface area contributed by atoms with Crippen LogP contribution in [-0.2, 0) is 11.2 Å². The molecule has 0 aromatic heterocycles. The lowest BCUT2D eigenvalue weighted by atomic mass is 10.1. The summed E-state index contributed by atoms with van der Waals surface area (Å²) in [6.07, 6.45) is 2.45. The van der Waals surface area contributed by atoms with E-state index in [0.29, 0.717) is 23.4 Å². The minimum absolute atomic E-state index is 0.0635. The number of amides is 2. The molecular formula is C20H22N2O3. The van der Waals surface area contributed by atoms with E-state index >= 15 is 0 Å². The van der Waals surface area contributed by atoms with E-state index in [-0.39, 0.29) is 24.3 Å². The Morgan fingerprint density at radius 3 is 2.44 bits per heavy atom. The van der Waals surface area contributed by atoms with Crippen LogP contribution < -0.4 is 10.2 Å². The number of hydrogen-bond donors (Lipinski definition) is 2. The molecule has 0 bridgehead atoms. The van der Waals surface area contributed by atoms with Crippen LogP contribution in [-0.4, -0.2) is 30.6 Å². The van der Waals surface area contributed by atoms with E-state index in [2.05, 4.69) is 5.32 Å². The summed E-state index contributed by atoms with van der Waals surface area (Å²) in [6.45, 7) is 0.0977. The number of para-hydroxylation sites is 1. The van der Waals surface area contributed by atoms with E-state index in [1.165, 1.54) is 0 Å². The largest absolute Gasteiger partial charge is 0.396 e. The van der Waals surface area contributed by atoms with Crippen molar-refractivity contribution < 1.29 is 14.7 Å². The van der Waals surface area contributed by atoms with Gasteiger partial charge in [0.15, 0.2) is 0 Å². The molecule has 5 nitrogen and oxygen atoms in total. The van der Waals surface area contributed by atoms with Gasteiger partial charge in [-0.1, -0.05) is 24.3 Å². The fourth-order valence-electron chi connectivity index (χ4n) is 2.76. The average Bonchev–Trinajstić information content (AvgIpc) is 3.47. The van der Waals surface area contributed by atoms with Crippen LogP contribution in [0.4, 0.5) is 11.4 Å². The van der Waals surface area contributed by atoms with Crippen LogP contribution >= 0.6 is 0 Å². The molecule has 25 heavy (non-hydrogen) atoms. The van der Waals surface area contributed by atoms with Gasteiger partial charge in [-0.2, -0.15) is 0 Å². The van der Waals surface area contributed by atoms with Crippen LogP contribution in [0.2, 0.25) is 0 Å². The summed E-state index contributed by atoms with van der Waals surface area (Å²) < 4.78 is 0. The smallest absolute Gasteiger partial charge is 0.257 e. The predicted molar refractivity (Wildman–Crippen MR) is 97.8 cm³/mol. The zero-order valence-electron chi connectivity index (χ0n) is 14.2. The highest BCUT2D eigenvalue weighted by Gasteiger charge is 2.33. The lowest BCUT2D eigenvalue weighted by Gasteiger charge is -2.20. The fraction of sp³-hybridized carbons (Fsp3) is 0.300. The first-order valence-electron chi connectivity index (χ1n) is 8.48. The van der Waals surface area contributed by atoms with Crippen molar-refractivity contribution in [3.63, 3.8) is 0 Å². The average molecular weight is 338 g/mol. The third kappa shape index (κ3) is 4.06. The van der Waals surface area contributed by atoms with Crippen molar-refractivity contribution in [2.24, 2.45) is 5.92 Å². The first-order valence-corrected chi connectivity index (χ1v) is 8.48. The van der Waals surface area contributed by atoms with Crippen molar-refractivity contribution in [1.29, 1.82) is 0 Å². The second-order valence-electron chi connectivity index (χ2n) is 6.31. The number of rotatable bonds is 6. The quantitative estimate of drug-likeness (QED) is 0.851. The summed E-state index contributed by atoms with van der Waals surface area (Å²) in [7, 11) is 1.72. The van der Waals surface area contributed by atoms with E-state index in [1.807, 2.05) is 30.3 Å². The highest BCUT2D eigenvalue weighted by atomic mass is 16.3. The Bertz CT molecular complexity index is 767. The summed E-state index contributed by atoms with van der Waals surface area (Å²) in [5, 5.41) is 11.8. The van der Waals surface area contributed by atoms with Gasteiger partial charge in [0.2, 0.25) is 5.91 Å². The zero-order valence-corrected chi connectivity index (χ0v) is 14.2. The number of hydrogen-bond acceptors (Lipinski definition) is 3. The van der Waals surface area contributed by atoms with Crippen molar-refractivity contribution in [3.8, 4) is 0 Å². The molecule has 0 saturated heterocycles. The van der Waals surface area contributed by atoms with E-state index in [4.69, 9.17) is 5.11 Å². The van der Waals surface area contributed by atoms with Crippen LogP contribution in [0.1, 0.15) is 28.8 Å². The van der Waals surface area contributed by atoms with Crippen LogP contribution in [0, 0.1) is 5.92 Å². The number of nitrogens with one attached hydrogen (secondary N) is 1. The van der Waals surface area contributed by atoms with Gasteiger partial charge in [-0.05, 0) is 49.1 Å². The standard InChI is InChI=1S/C20H22N2O3/c1-22(20(25)15-8-9-15)18-5-3-2-4-17(18)19(24)21-16-10-6-14(7-11-16)12-13-23/h2-7,10-11,15,23H,8-9,12-13H2,1H3,(H,21,24). The van der Waals surface area contributed by atoms with Crippen molar-refractivity contribution in [1.82, 2.24) is 0 Å². The molecule has 2 aromatic carbocycles.